The minimum Gasteiger partial charge on any atom is -0.493 e. The number of hydrogen-bond acceptors (Lipinski definition) is 9. The molecule has 0 saturated carbocycles. The van der Waals surface area contributed by atoms with Crippen molar-refractivity contribution in [3.05, 3.63) is 65.9 Å². The van der Waals surface area contributed by atoms with Crippen LogP contribution in [0.1, 0.15) is 11.1 Å². The summed E-state index contributed by atoms with van der Waals surface area (Å²) in [6.45, 7) is -0.292. The lowest BCUT2D eigenvalue weighted by Crippen LogP contribution is -2.13. The van der Waals surface area contributed by atoms with Gasteiger partial charge in [0.2, 0.25) is 5.90 Å². The van der Waals surface area contributed by atoms with Crippen LogP contribution in [0.2, 0.25) is 5.02 Å². The van der Waals surface area contributed by atoms with Crippen LogP contribution in [0, 0.1) is 13.7 Å². The molecule has 2 aromatic rings. The smallest absolute Gasteiger partial charge is 0.363 e. The van der Waals surface area contributed by atoms with Crippen LogP contribution in [-0.4, -0.2) is 43.6 Å². The fourth-order valence-electron chi connectivity index (χ4n) is 2.63. The molecular formula is C20H14ClIN2O8. The largest absolute Gasteiger partial charge is 0.493 e. The normalized spacial score (nSPS) is 14.1. The predicted octanol–water partition coefficient (Wildman–Crippen LogP) is 3.76. The average Bonchev–Trinajstić information content (AvgIpc) is 3.11. The minimum absolute atomic E-state index is 0.00417. The third-order valence-electron chi connectivity index (χ3n) is 4.13. The molecule has 0 atom stereocenters. The first-order valence-electron chi connectivity index (χ1n) is 8.77. The quantitative estimate of drug-likeness (QED) is 0.161. The lowest BCUT2D eigenvalue weighted by molar-refractivity contribution is -0.384. The third-order valence-corrected chi connectivity index (χ3v) is 5.25. The summed E-state index contributed by atoms with van der Waals surface area (Å²) in [7, 11) is 2.69. The highest BCUT2D eigenvalue weighted by Gasteiger charge is 2.27. The molecular weight excluding hydrogens is 559 g/mol. The van der Waals surface area contributed by atoms with E-state index in [0.29, 0.717) is 20.6 Å². The number of nitro benzene ring substituents is 1. The number of nitrogens with zero attached hydrogens (tertiary/aromatic N) is 2. The molecule has 10 nitrogen and oxygen atoms in total. The average molecular weight is 573 g/mol. The van der Waals surface area contributed by atoms with Crippen LogP contribution < -0.4 is 9.47 Å². The van der Waals surface area contributed by atoms with Gasteiger partial charge in [-0.2, -0.15) is 0 Å². The van der Waals surface area contributed by atoms with E-state index in [9.17, 15) is 19.7 Å². The summed E-state index contributed by atoms with van der Waals surface area (Å²) in [5.74, 6) is -0.650. The number of nitro groups is 1. The zero-order chi connectivity index (χ0) is 23.4. The molecule has 166 valence electrons. The Labute approximate surface area is 200 Å². The van der Waals surface area contributed by atoms with E-state index in [0.717, 1.165) is 6.07 Å². The van der Waals surface area contributed by atoms with Gasteiger partial charge in [-0.3, -0.25) is 10.1 Å². The Morgan fingerprint density at radius 1 is 1.31 bits per heavy atom. The van der Waals surface area contributed by atoms with Crippen LogP contribution in [0.4, 0.5) is 5.69 Å². The van der Waals surface area contributed by atoms with E-state index >= 15 is 0 Å². The molecule has 0 aromatic heterocycles. The topological polar surface area (TPSA) is 127 Å². The van der Waals surface area contributed by atoms with E-state index in [4.69, 9.17) is 25.8 Å². The Hall–Kier alpha value is -3.19. The molecule has 3 rings (SSSR count). The molecule has 0 N–H and O–H groups in total. The molecule has 2 aromatic carbocycles. The van der Waals surface area contributed by atoms with Gasteiger partial charge in [-0.15, -0.1) is 0 Å². The van der Waals surface area contributed by atoms with Crippen molar-refractivity contribution < 1.29 is 33.5 Å². The van der Waals surface area contributed by atoms with E-state index < -0.39 is 16.9 Å². The van der Waals surface area contributed by atoms with Crippen LogP contribution >= 0.6 is 34.2 Å². The molecule has 0 fully saturated rings. The molecule has 0 spiro atoms. The first-order valence-corrected chi connectivity index (χ1v) is 10.2. The lowest BCUT2D eigenvalue weighted by atomic mass is 10.1. The van der Waals surface area contributed by atoms with Crippen molar-refractivity contribution in [2.45, 2.75) is 0 Å². The highest BCUT2D eigenvalue weighted by atomic mass is 127. The summed E-state index contributed by atoms with van der Waals surface area (Å²) in [6, 6.07) is 7.04. The van der Waals surface area contributed by atoms with E-state index in [1.165, 1.54) is 32.4 Å². The van der Waals surface area contributed by atoms with Gasteiger partial charge in [-0.1, -0.05) is 11.6 Å². The first-order chi connectivity index (χ1) is 15.2. The summed E-state index contributed by atoms with van der Waals surface area (Å²) in [6.07, 6.45) is 1.48. The monoisotopic (exact) mass is 572 g/mol. The number of cyclic esters (lactones) is 1. The maximum absolute atomic E-state index is 12.3. The molecule has 0 radical (unpaired) electrons. The van der Waals surface area contributed by atoms with Crippen LogP contribution in [0.5, 0.6) is 11.5 Å². The number of carbonyl (C=O) groups excluding carboxylic acids is 2. The van der Waals surface area contributed by atoms with Gasteiger partial charge in [0.25, 0.3) is 5.69 Å². The van der Waals surface area contributed by atoms with Crippen molar-refractivity contribution in [3.63, 3.8) is 0 Å². The number of non-ortho nitro benzene ring substituents is 1. The maximum atomic E-state index is 12.3. The Balaban J connectivity index is 1.92. The Bertz CT molecular complexity index is 1180. The number of aliphatic imine (C=N–C) groups is 1. The van der Waals surface area contributed by atoms with Gasteiger partial charge >= 0.3 is 11.9 Å². The second kappa shape index (κ2) is 9.96. The van der Waals surface area contributed by atoms with Crippen LogP contribution in [-0.2, 0) is 19.1 Å². The molecule has 0 bridgehead atoms. The van der Waals surface area contributed by atoms with Crippen molar-refractivity contribution in [2.24, 2.45) is 4.99 Å². The summed E-state index contributed by atoms with van der Waals surface area (Å²) in [4.78, 5) is 38.1. The van der Waals surface area contributed by atoms with Gasteiger partial charge in [0.15, 0.2) is 23.8 Å². The van der Waals surface area contributed by atoms with Crippen LogP contribution in [0.3, 0.4) is 0 Å². The van der Waals surface area contributed by atoms with Gasteiger partial charge in [0.1, 0.15) is 0 Å². The lowest BCUT2D eigenvalue weighted by Gasteiger charge is -2.12. The summed E-state index contributed by atoms with van der Waals surface area (Å²) >= 11 is 8.09. The minimum atomic E-state index is -0.714. The summed E-state index contributed by atoms with van der Waals surface area (Å²) < 4.78 is 21.1. The number of carbonyl (C=O) groups is 2. The van der Waals surface area contributed by atoms with Crippen molar-refractivity contribution in [1.29, 1.82) is 0 Å². The summed E-state index contributed by atoms with van der Waals surface area (Å²) in [5.41, 5.74) is 0.599. The molecule has 0 saturated heterocycles. The number of halogens is 2. The zero-order valence-corrected chi connectivity index (χ0v) is 19.5. The number of hydrogen-bond donors (Lipinski definition) is 0. The predicted molar refractivity (Wildman–Crippen MR) is 122 cm³/mol. The van der Waals surface area contributed by atoms with Crippen molar-refractivity contribution in [1.82, 2.24) is 0 Å². The molecule has 1 aliphatic heterocycles. The Morgan fingerprint density at radius 2 is 2.06 bits per heavy atom. The Morgan fingerprint density at radius 3 is 2.69 bits per heavy atom. The summed E-state index contributed by atoms with van der Waals surface area (Å²) in [5, 5.41) is 10.9. The molecule has 32 heavy (non-hydrogen) atoms. The standard InChI is InChI=1S/C20H14ClIN2O8/c1-29-16-7-10(5-14(22)18(16)31-9-17(25)30-2)6-15-20(26)32-19(23-15)12-4-3-11(24(27)28)8-13(12)21/h3-8H,9H2,1-2H3/b15-6-. The SMILES string of the molecule is COC(=O)COc1c(I)cc(/C=C2\N=C(c3ccc([N+](=O)[O-])cc3Cl)OC2=O)cc1OC. The number of benzene rings is 2. The van der Waals surface area contributed by atoms with Crippen molar-refractivity contribution in [2.75, 3.05) is 20.8 Å². The fourth-order valence-corrected chi connectivity index (χ4v) is 3.66. The molecule has 1 heterocycles. The van der Waals surface area contributed by atoms with E-state index in [-0.39, 0.29) is 34.5 Å². The van der Waals surface area contributed by atoms with Gasteiger partial charge in [-0.05, 0) is 52.4 Å². The zero-order valence-electron chi connectivity index (χ0n) is 16.6. The second-order valence-electron chi connectivity index (χ2n) is 6.16. The third kappa shape index (κ3) is 5.16. The van der Waals surface area contributed by atoms with Crippen LogP contribution in [0.15, 0.2) is 41.0 Å². The van der Waals surface area contributed by atoms with Gasteiger partial charge < -0.3 is 18.9 Å². The molecule has 12 heteroatoms. The fraction of sp³-hybridized carbons (Fsp3) is 0.150. The second-order valence-corrected chi connectivity index (χ2v) is 7.73. The molecule has 1 aliphatic rings. The number of ether oxygens (including phenoxy) is 4. The highest BCUT2D eigenvalue weighted by Crippen LogP contribution is 2.35. The van der Waals surface area contributed by atoms with Gasteiger partial charge in [-0.25, -0.2) is 14.6 Å². The van der Waals surface area contributed by atoms with Crippen LogP contribution in [0.25, 0.3) is 6.08 Å². The highest BCUT2D eigenvalue weighted by molar-refractivity contribution is 14.1. The van der Waals surface area contributed by atoms with Gasteiger partial charge in [0, 0.05) is 12.1 Å². The maximum Gasteiger partial charge on any atom is 0.363 e. The molecule has 0 aliphatic carbocycles. The Kier molecular flexibility index (Phi) is 7.30. The molecule has 0 unspecified atom stereocenters. The van der Waals surface area contributed by atoms with Crippen molar-refractivity contribution in [3.8, 4) is 11.5 Å². The molecule has 0 amide bonds. The van der Waals surface area contributed by atoms with E-state index in [1.807, 2.05) is 22.6 Å². The van der Waals surface area contributed by atoms with Gasteiger partial charge in [0.05, 0.1) is 33.3 Å². The first kappa shape index (κ1) is 23.5. The number of esters is 2. The number of methoxy groups -OCH3 is 2. The van der Waals surface area contributed by atoms with Crippen molar-refractivity contribution >= 4 is 63.8 Å². The van der Waals surface area contributed by atoms with E-state index in [1.54, 1.807) is 12.1 Å². The number of rotatable bonds is 7. The van der Waals surface area contributed by atoms with E-state index in [2.05, 4.69) is 9.73 Å².